The highest BCUT2D eigenvalue weighted by molar-refractivity contribution is 7.91. The van der Waals surface area contributed by atoms with Crippen LogP contribution in [-0.4, -0.2) is 38.3 Å². The van der Waals surface area contributed by atoms with Gasteiger partial charge in [-0.3, -0.25) is 4.99 Å². The van der Waals surface area contributed by atoms with Gasteiger partial charge in [-0.2, -0.15) is 4.31 Å². The van der Waals surface area contributed by atoms with Crippen LogP contribution >= 0.6 is 11.3 Å². The van der Waals surface area contributed by atoms with Gasteiger partial charge < -0.3 is 11.5 Å². The van der Waals surface area contributed by atoms with E-state index in [1.54, 1.807) is 6.07 Å². The number of nitrogens with two attached hydrogens (primary N) is 2. The molecule has 0 aliphatic heterocycles. The molecule has 1 aromatic heterocycles. The first-order valence-electron chi connectivity index (χ1n) is 6.06. The molecule has 1 aromatic rings. The van der Waals surface area contributed by atoms with Gasteiger partial charge in [-0.05, 0) is 12.1 Å². The molecule has 6 nitrogen and oxygen atoms in total. The summed E-state index contributed by atoms with van der Waals surface area (Å²) in [6.45, 7) is 5.07. The number of thiophene rings is 1. The number of nitrogens with zero attached hydrogens (tertiary/aromatic N) is 2. The van der Waals surface area contributed by atoms with Gasteiger partial charge in [-0.25, -0.2) is 8.42 Å². The fourth-order valence-electron chi connectivity index (χ4n) is 1.62. The van der Waals surface area contributed by atoms with Crippen molar-refractivity contribution in [2.75, 3.05) is 19.6 Å². The molecule has 0 radical (unpaired) electrons. The van der Waals surface area contributed by atoms with Crippen molar-refractivity contribution in [3.05, 3.63) is 17.0 Å². The monoisotopic (exact) mass is 304 g/mol. The van der Waals surface area contributed by atoms with E-state index in [4.69, 9.17) is 11.5 Å². The summed E-state index contributed by atoms with van der Waals surface area (Å²) >= 11 is 1.27. The zero-order valence-corrected chi connectivity index (χ0v) is 12.8. The molecule has 1 rings (SSSR count). The van der Waals surface area contributed by atoms with Gasteiger partial charge in [0.15, 0.2) is 5.96 Å². The molecule has 0 atom stereocenters. The predicted molar refractivity (Wildman–Crippen MR) is 78.8 cm³/mol. The molecule has 4 N–H and O–H groups in total. The average Bonchev–Trinajstić information content (AvgIpc) is 2.79. The van der Waals surface area contributed by atoms with Crippen molar-refractivity contribution < 1.29 is 8.42 Å². The first kappa shape index (κ1) is 15.9. The third-order valence-corrected chi connectivity index (χ3v) is 6.25. The van der Waals surface area contributed by atoms with Crippen molar-refractivity contribution >= 4 is 27.3 Å². The van der Waals surface area contributed by atoms with E-state index < -0.39 is 10.0 Å². The predicted octanol–water partition coefficient (Wildman–Crippen LogP) is 0.595. The normalized spacial score (nSPS) is 11.7. The van der Waals surface area contributed by atoms with Gasteiger partial charge in [0.05, 0.1) is 0 Å². The minimum atomic E-state index is -3.36. The fraction of sp³-hybridized carbons (Fsp3) is 0.545. The molecular formula is C11H20N4O2S2. The summed E-state index contributed by atoms with van der Waals surface area (Å²) in [6, 6.07) is 3.45. The van der Waals surface area contributed by atoms with Crippen molar-refractivity contribution in [2.24, 2.45) is 16.5 Å². The lowest BCUT2D eigenvalue weighted by molar-refractivity contribution is 0.447. The number of aliphatic imine (C=N–C) groups is 1. The molecule has 0 amide bonds. The molecule has 0 bridgehead atoms. The van der Waals surface area contributed by atoms with Crippen molar-refractivity contribution in [1.82, 2.24) is 4.31 Å². The second-order valence-corrected chi connectivity index (χ2v) is 7.20. The van der Waals surface area contributed by atoms with E-state index in [1.165, 1.54) is 15.6 Å². The van der Waals surface area contributed by atoms with Crippen molar-refractivity contribution in [3.63, 3.8) is 0 Å². The van der Waals surface area contributed by atoms with E-state index >= 15 is 0 Å². The van der Waals surface area contributed by atoms with Gasteiger partial charge in [-0.1, -0.05) is 13.8 Å². The maximum Gasteiger partial charge on any atom is 0.252 e. The third-order valence-electron chi connectivity index (χ3n) is 2.59. The summed E-state index contributed by atoms with van der Waals surface area (Å²) in [5.74, 6) is 0.0487. The fourth-order valence-corrected chi connectivity index (χ4v) is 4.57. The zero-order valence-electron chi connectivity index (χ0n) is 11.2. The van der Waals surface area contributed by atoms with Crippen LogP contribution in [-0.2, 0) is 16.4 Å². The Bertz CT molecular complexity index is 529. The van der Waals surface area contributed by atoms with Gasteiger partial charge in [0.1, 0.15) is 4.21 Å². The van der Waals surface area contributed by atoms with Crippen LogP contribution in [0.1, 0.15) is 18.7 Å². The van der Waals surface area contributed by atoms with Crippen LogP contribution in [0.4, 0.5) is 0 Å². The highest BCUT2D eigenvalue weighted by Crippen LogP contribution is 2.25. The number of rotatable bonds is 7. The largest absolute Gasteiger partial charge is 0.370 e. The molecular weight excluding hydrogens is 284 g/mol. The molecule has 0 aliphatic rings. The van der Waals surface area contributed by atoms with Gasteiger partial charge in [0.2, 0.25) is 0 Å². The third kappa shape index (κ3) is 4.19. The second-order valence-electron chi connectivity index (χ2n) is 3.87. The number of hydrogen-bond donors (Lipinski definition) is 2. The van der Waals surface area contributed by atoms with E-state index in [0.29, 0.717) is 30.3 Å². The Morgan fingerprint density at radius 3 is 2.47 bits per heavy atom. The SMILES string of the molecule is CCN(CC)S(=O)(=O)c1ccc(CCN=C(N)N)s1. The molecule has 0 saturated heterocycles. The molecule has 108 valence electrons. The summed E-state index contributed by atoms with van der Waals surface area (Å²) in [6.07, 6.45) is 0.635. The van der Waals surface area contributed by atoms with Crippen LogP contribution in [0.15, 0.2) is 21.3 Å². The zero-order chi connectivity index (χ0) is 14.5. The summed E-state index contributed by atoms with van der Waals surface area (Å²) in [5, 5.41) is 0. The summed E-state index contributed by atoms with van der Waals surface area (Å²) in [4.78, 5) is 4.83. The van der Waals surface area contributed by atoms with Crippen LogP contribution in [0.5, 0.6) is 0 Å². The lowest BCUT2D eigenvalue weighted by atomic mass is 10.3. The van der Waals surface area contributed by atoms with Crippen LogP contribution in [0.3, 0.4) is 0 Å². The van der Waals surface area contributed by atoms with Gasteiger partial charge >= 0.3 is 0 Å². The van der Waals surface area contributed by atoms with Crippen molar-refractivity contribution in [1.29, 1.82) is 0 Å². The molecule has 0 fully saturated rings. The summed E-state index contributed by atoms with van der Waals surface area (Å²) in [5.41, 5.74) is 10.5. The van der Waals surface area contributed by atoms with E-state index in [2.05, 4.69) is 4.99 Å². The quantitative estimate of drug-likeness (QED) is 0.568. The van der Waals surface area contributed by atoms with E-state index in [9.17, 15) is 8.42 Å². The Morgan fingerprint density at radius 1 is 1.32 bits per heavy atom. The van der Waals surface area contributed by atoms with Crippen molar-refractivity contribution in [3.8, 4) is 0 Å². The van der Waals surface area contributed by atoms with E-state index in [1.807, 2.05) is 19.9 Å². The maximum atomic E-state index is 12.3. The molecule has 0 saturated carbocycles. The molecule has 8 heteroatoms. The van der Waals surface area contributed by atoms with E-state index in [0.717, 1.165) is 4.88 Å². The topological polar surface area (TPSA) is 102 Å². The minimum absolute atomic E-state index is 0.0487. The standard InChI is InChI=1S/C11H20N4O2S2/c1-3-15(4-2)19(16,17)10-6-5-9(18-10)7-8-14-11(12)13/h5-6H,3-4,7-8H2,1-2H3,(H4,12,13,14). The maximum absolute atomic E-state index is 12.3. The van der Waals surface area contributed by atoms with Crippen LogP contribution < -0.4 is 11.5 Å². The molecule has 0 unspecified atom stereocenters. The Morgan fingerprint density at radius 2 is 1.95 bits per heavy atom. The van der Waals surface area contributed by atoms with Crippen molar-refractivity contribution in [2.45, 2.75) is 24.5 Å². The number of hydrogen-bond acceptors (Lipinski definition) is 4. The minimum Gasteiger partial charge on any atom is -0.370 e. The first-order valence-corrected chi connectivity index (χ1v) is 8.31. The van der Waals surface area contributed by atoms with Gasteiger partial charge in [-0.15, -0.1) is 11.3 Å². The van der Waals surface area contributed by atoms with Gasteiger partial charge in [0.25, 0.3) is 10.0 Å². The Labute approximate surface area is 118 Å². The first-order chi connectivity index (χ1) is 8.91. The lowest BCUT2D eigenvalue weighted by Gasteiger charge is -2.16. The molecule has 0 aromatic carbocycles. The number of guanidine groups is 1. The second kappa shape index (κ2) is 6.88. The summed E-state index contributed by atoms with van der Waals surface area (Å²) < 4.78 is 26.3. The Kier molecular flexibility index (Phi) is 5.77. The van der Waals surface area contributed by atoms with Crippen LogP contribution in [0.2, 0.25) is 0 Å². The molecule has 0 aliphatic carbocycles. The van der Waals surface area contributed by atoms with Gasteiger partial charge in [0, 0.05) is 30.9 Å². The molecule has 0 spiro atoms. The van der Waals surface area contributed by atoms with Crippen LogP contribution in [0, 0.1) is 0 Å². The lowest BCUT2D eigenvalue weighted by Crippen LogP contribution is -2.29. The number of sulfonamides is 1. The highest BCUT2D eigenvalue weighted by Gasteiger charge is 2.23. The Hall–Kier alpha value is -1.12. The smallest absolute Gasteiger partial charge is 0.252 e. The summed E-state index contributed by atoms with van der Waals surface area (Å²) in [7, 11) is -3.36. The highest BCUT2D eigenvalue weighted by atomic mass is 32.2. The molecule has 1 heterocycles. The average molecular weight is 304 g/mol. The Balaban J connectivity index is 2.82. The van der Waals surface area contributed by atoms with Crippen LogP contribution in [0.25, 0.3) is 0 Å². The van der Waals surface area contributed by atoms with E-state index in [-0.39, 0.29) is 5.96 Å². The molecule has 19 heavy (non-hydrogen) atoms.